The van der Waals surface area contributed by atoms with Crippen LogP contribution in [-0.4, -0.2) is 24.0 Å². The second-order valence-corrected chi connectivity index (χ2v) is 5.20. The van der Waals surface area contributed by atoms with E-state index in [9.17, 15) is 0 Å². The van der Waals surface area contributed by atoms with Crippen molar-refractivity contribution >= 4 is 11.6 Å². The maximum atomic E-state index is 6.19. The number of ether oxygens (including phenoxy) is 2. The molecule has 0 atom stereocenters. The van der Waals surface area contributed by atoms with Crippen molar-refractivity contribution in [3.05, 3.63) is 40.2 Å². The van der Waals surface area contributed by atoms with Crippen LogP contribution < -0.4 is 14.8 Å². The van der Waals surface area contributed by atoms with Crippen molar-refractivity contribution in [3.63, 3.8) is 0 Å². The monoisotopic (exact) mass is 309 g/mol. The second kappa shape index (κ2) is 6.83. The molecule has 2 rings (SSSR count). The van der Waals surface area contributed by atoms with Crippen LogP contribution in [0.2, 0.25) is 5.02 Å². The molecule has 21 heavy (non-hydrogen) atoms. The first-order valence-corrected chi connectivity index (χ1v) is 7.03. The molecule has 1 aromatic heterocycles. The lowest BCUT2D eigenvalue weighted by molar-refractivity contribution is 0.354. The van der Waals surface area contributed by atoms with Gasteiger partial charge in [-0.2, -0.15) is 5.10 Å². The molecule has 1 heterocycles. The highest BCUT2D eigenvalue weighted by atomic mass is 35.5. The van der Waals surface area contributed by atoms with E-state index in [1.54, 1.807) is 14.2 Å². The summed E-state index contributed by atoms with van der Waals surface area (Å²) in [6.07, 6.45) is 1.88. The Morgan fingerprint density at radius 1 is 1.24 bits per heavy atom. The van der Waals surface area contributed by atoms with Gasteiger partial charge in [0.05, 0.1) is 25.4 Å². The minimum absolute atomic E-state index is 0.547. The third kappa shape index (κ3) is 3.49. The summed E-state index contributed by atoms with van der Waals surface area (Å²) in [7, 11) is 5.12. The molecule has 0 fully saturated rings. The molecule has 0 aliphatic carbocycles. The topological polar surface area (TPSA) is 48.3 Å². The van der Waals surface area contributed by atoms with Crippen molar-refractivity contribution in [1.82, 2.24) is 15.1 Å². The van der Waals surface area contributed by atoms with Crippen LogP contribution in [0.15, 0.2) is 18.3 Å². The molecule has 0 spiro atoms. The molecule has 6 heteroatoms. The van der Waals surface area contributed by atoms with Gasteiger partial charge in [0.25, 0.3) is 0 Å². The molecule has 0 aliphatic heterocycles. The Balaban J connectivity index is 2.03. The van der Waals surface area contributed by atoms with Crippen LogP contribution in [0.1, 0.15) is 16.8 Å². The van der Waals surface area contributed by atoms with Gasteiger partial charge in [-0.15, -0.1) is 0 Å². The number of methoxy groups -OCH3 is 2. The zero-order valence-corrected chi connectivity index (χ0v) is 13.5. The van der Waals surface area contributed by atoms with E-state index in [1.165, 1.54) is 5.56 Å². The third-order valence-electron chi connectivity index (χ3n) is 3.47. The predicted octanol–water partition coefficient (Wildman–Crippen LogP) is 2.69. The average molecular weight is 310 g/mol. The van der Waals surface area contributed by atoms with Gasteiger partial charge in [0.1, 0.15) is 0 Å². The SMILES string of the molecule is COc1cc(CNCc2cnn(C)c2C)cc(Cl)c1OC. The first kappa shape index (κ1) is 15.7. The van der Waals surface area contributed by atoms with E-state index in [2.05, 4.69) is 17.3 Å². The third-order valence-corrected chi connectivity index (χ3v) is 3.76. The maximum absolute atomic E-state index is 6.19. The summed E-state index contributed by atoms with van der Waals surface area (Å²) in [4.78, 5) is 0. The summed E-state index contributed by atoms with van der Waals surface area (Å²) < 4.78 is 12.4. The summed E-state index contributed by atoms with van der Waals surface area (Å²) in [5.74, 6) is 1.20. The van der Waals surface area contributed by atoms with Crippen molar-refractivity contribution in [3.8, 4) is 11.5 Å². The Bertz CT molecular complexity index is 626. The zero-order valence-electron chi connectivity index (χ0n) is 12.7. The summed E-state index contributed by atoms with van der Waals surface area (Å²) in [5.41, 5.74) is 3.39. The highest BCUT2D eigenvalue weighted by Gasteiger charge is 2.11. The van der Waals surface area contributed by atoms with E-state index in [0.717, 1.165) is 17.8 Å². The van der Waals surface area contributed by atoms with E-state index < -0.39 is 0 Å². The molecule has 1 N–H and O–H groups in total. The lowest BCUT2D eigenvalue weighted by Gasteiger charge is -2.12. The number of hydrogen-bond donors (Lipinski definition) is 1. The molecular formula is C15H20ClN3O2. The smallest absolute Gasteiger partial charge is 0.179 e. The number of halogens is 1. The Morgan fingerprint density at radius 3 is 2.57 bits per heavy atom. The zero-order chi connectivity index (χ0) is 15.4. The number of benzene rings is 1. The fourth-order valence-electron chi connectivity index (χ4n) is 2.13. The lowest BCUT2D eigenvalue weighted by Crippen LogP contribution is -2.13. The van der Waals surface area contributed by atoms with Crippen LogP contribution in [-0.2, 0) is 20.1 Å². The number of nitrogens with zero attached hydrogens (tertiary/aromatic N) is 2. The number of hydrogen-bond acceptors (Lipinski definition) is 4. The van der Waals surface area contributed by atoms with Gasteiger partial charge in [0.2, 0.25) is 0 Å². The van der Waals surface area contributed by atoms with Crippen molar-refractivity contribution in [2.24, 2.45) is 7.05 Å². The number of aromatic nitrogens is 2. The van der Waals surface area contributed by atoms with Gasteiger partial charge in [0, 0.05) is 31.4 Å². The lowest BCUT2D eigenvalue weighted by atomic mass is 10.2. The van der Waals surface area contributed by atoms with Crippen molar-refractivity contribution in [2.45, 2.75) is 20.0 Å². The number of rotatable bonds is 6. The Labute approximate surface area is 129 Å². The molecule has 0 amide bonds. The van der Waals surface area contributed by atoms with Gasteiger partial charge in [-0.1, -0.05) is 11.6 Å². The van der Waals surface area contributed by atoms with Gasteiger partial charge in [0.15, 0.2) is 11.5 Å². The van der Waals surface area contributed by atoms with Crippen molar-refractivity contribution in [1.29, 1.82) is 0 Å². The standard InChI is InChI=1S/C15H20ClN3O2/c1-10-12(9-18-19(10)2)8-17-7-11-5-13(16)15(21-4)14(6-11)20-3/h5-6,9,17H,7-8H2,1-4H3. The Hall–Kier alpha value is -1.72. The van der Waals surface area contributed by atoms with Crippen LogP contribution >= 0.6 is 11.6 Å². The van der Waals surface area contributed by atoms with Gasteiger partial charge in [-0.25, -0.2) is 0 Å². The number of nitrogens with one attached hydrogen (secondary N) is 1. The Morgan fingerprint density at radius 2 is 2.00 bits per heavy atom. The summed E-state index contributed by atoms with van der Waals surface area (Å²) >= 11 is 6.19. The first-order valence-electron chi connectivity index (χ1n) is 6.65. The molecule has 0 unspecified atom stereocenters. The Kier molecular flexibility index (Phi) is 5.09. The van der Waals surface area contributed by atoms with Crippen LogP contribution in [0.25, 0.3) is 0 Å². The summed E-state index contributed by atoms with van der Waals surface area (Å²) in [6.45, 7) is 3.50. The number of aryl methyl sites for hydroxylation is 1. The first-order chi connectivity index (χ1) is 10.1. The fraction of sp³-hybridized carbons (Fsp3) is 0.400. The van der Waals surface area contributed by atoms with E-state index in [1.807, 2.05) is 30.1 Å². The molecule has 5 nitrogen and oxygen atoms in total. The van der Waals surface area contributed by atoms with Crippen LogP contribution in [0, 0.1) is 6.92 Å². The van der Waals surface area contributed by atoms with Gasteiger partial charge in [-0.05, 0) is 24.6 Å². The van der Waals surface area contributed by atoms with Crippen molar-refractivity contribution < 1.29 is 9.47 Å². The highest BCUT2D eigenvalue weighted by Crippen LogP contribution is 2.35. The van der Waals surface area contributed by atoms with E-state index in [0.29, 0.717) is 23.1 Å². The maximum Gasteiger partial charge on any atom is 0.179 e. The largest absolute Gasteiger partial charge is 0.493 e. The molecule has 0 aliphatic rings. The minimum atomic E-state index is 0.547. The summed E-state index contributed by atoms with van der Waals surface area (Å²) in [6, 6.07) is 3.81. The molecular weight excluding hydrogens is 290 g/mol. The molecule has 0 radical (unpaired) electrons. The minimum Gasteiger partial charge on any atom is -0.493 e. The average Bonchev–Trinajstić information content (AvgIpc) is 2.78. The molecule has 0 saturated carbocycles. The van der Waals surface area contributed by atoms with Crippen molar-refractivity contribution in [2.75, 3.05) is 14.2 Å². The fourth-order valence-corrected chi connectivity index (χ4v) is 2.44. The molecule has 114 valence electrons. The van der Waals surface area contributed by atoms with E-state index >= 15 is 0 Å². The van der Waals surface area contributed by atoms with E-state index in [-0.39, 0.29) is 0 Å². The van der Waals surface area contributed by atoms with Crippen LogP contribution in [0.5, 0.6) is 11.5 Å². The second-order valence-electron chi connectivity index (χ2n) is 4.80. The quantitative estimate of drug-likeness (QED) is 0.891. The van der Waals surface area contributed by atoms with Crippen LogP contribution in [0.4, 0.5) is 0 Å². The molecule has 0 saturated heterocycles. The van der Waals surface area contributed by atoms with Gasteiger partial charge >= 0.3 is 0 Å². The predicted molar refractivity (Wildman–Crippen MR) is 83.0 cm³/mol. The highest BCUT2D eigenvalue weighted by molar-refractivity contribution is 6.32. The van der Waals surface area contributed by atoms with E-state index in [4.69, 9.17) is 21.1 Å². The van der Waals surface area contributed by atoms with Crippen LogP contribution in [0.3, 0.4) is 0 Å². The normalized spacial score (nSPS) is 10.7. The summed E-state index contributed by atoms with van der Waals surface area (Å²) in [5, 5.41) is 8.15. The molecule has 0 bridgehead atoms. The van der Waals surface area contributed by atoms with Gasteiger partial charge < -0.3 is 14.8 Å². The molecule has 2 aromatic rings. The molecule has 1 aromatic carbocycles. The van der Waals surface area contributed by atoms with Gasteiger partial charge in [-0.3, -0.25) is 4.68 Å².